The standard InChI is InChI=1S/C16H27N3S/c1-11(2)9-17-10-14-15(13-6-7-13)18-16(20-14)19-8-4-5-12(19)3/h11-13,17H,4-10H2,1-3H3. The third-order valence-corrected chi connectivity index (χ3v) is 5.43. The lowest BCUT2D eigenvalue weighted by Gasteiger charge is -2.19. The summed E-state index contributed by atoms with van der Waals surface area (Å²) in [6.45, 7) is 10.2. The van der Waals surface area contributed by atoms with Crippen LogP contribution in [-0.2, 0) is 6.54 Å². The Bertz CT molecular complexity index is 451. The van der Waals surface area contributed by atoms with E-state index in [1.165, 1.54) is 47.9 Å². The fraction of sp³-hybridized carbons (Fsp3) is 0.812. The van der Waals surface area contributed by atoms with Crippen LogP contribution >= 0.6 is 11.3 Å². The van der Waals surface area contributed by atoms with Gasteiger partial charge < -0.3 is 10.2 Å². The zero-order valence-corrected chi connectivity index (χ0v) is 13.8. The predicted molar refractivity (Wildman–Crippen MR) is 86.7 cm³/mol. The number of nitrogens with zero attached hydrogens (tertiary/aromatic N) is 2. The molecule has 1 unspecified atom stereocenters. The van der Waals surface area contributed by atoms with Crippen LogP contribution in [0.3, 0.4) is 0 Å². The molecule has 1 N–H and O–H groups in total. The van der Waals surface area contributed by atoms with Crippen LogP contribution < -0.4 is 10.2 Å². The first kappa shape index (κ1) is 14.3. The van der Waals surface area contributed by atoms with Gasteiger partial charge in [0.2, 0.25) is 0 Å². The van der Waals surface area contributed by atoms with Gasteiger partial charge in [-0.15, -0.1) is 11.3 Å². The molecule has 4 heteroatoms. The molecule has 112 valence electrons. The van der Waals surface area contributed by atoms with Crippen molar-refractivity contribution in [2.45, 2.75) is 65.0 Å². The second-order valence-corrected chi connectivity index (χ2v) is 7.85. The SMILES string of the molecule is CC(C)CNCc1sc(N2CCCC2C)nc1C1CC1. The first-order valence-corrected chi connectivity index (χ1v) is 8.93. The van der Waals surface area contributed by atoms with Gasteiger partial charge in [-0.1, -0.05) is 13.8 Å². The summed E-state index contributed by atoms with van der Waals surface area (Å²) in [4.78, 5) is 9.01. The van der Waals surface area contributed by atoms with Gasteiger partial charge in [-0.2, -0.15) is 0 Å². The van der Waals surface area contributed by atoms with Gasteiger partial charge >= 0.3 is 0 Å². The number of nitrogens with one attached hydrogen (secondary N) is 1. The molecule has 2 heterocycles. The van der Waals surface area contributed by atoms with Crippen LogP contribution in [0.5, 0.6) is 0 Å². The number of aromatic nitrogens is 1. The lowest BCUT2D eigenvalue weighted by Crippen LogP contribution is -2.25. The number of anilines is 1. The van der Waals surface area contributed by atoms with Crippen LogP contribution in [-0.4, -0.2) is 24.1 Å². The van der Waals surface area contributed by atoms with Gasteiger partial charge in [0.25, 0.3) is 0 Å². The van der Waals surface area contributed by atoms with E-state index in [-0.39, 0.29) is 0 Å². The van der Waals surface area contributed by atoms with Crippen molar-refractivity contribution >= 4 is 16.5 Å². The summed E-state index contributed by atoms with van der Waals surface area (Å²) < 4.78 is 0. The summed E-state index contributed by atoms with van der Waals surface area (Å²) in [5.74, 6) is 1.47. The Labute approximate surface area is 126 Å². The molecule has 0 spiro atoms. The molecule has 3 nitrogen and oxygen atoms in total. The van der Waals surface area contributed by atoms with E-state index < -0.39 is 0 Å². The number of rotatable bonds is 6. The van der Waals surface area contributed by atoms with Crippen molar-refractivity contribution in [1.29, 1.82) is 0 Å². The van der Waals surface area contributed by atoms with Gasteiger partial charge in [-0.3, -0.25) is 0 Å². The highest BCUT2D eigenvalue weighted by Gasteiger charge is 2.32. The topological polar surface area (TPSA) is 28.2 Å². The van der Waals surface area contributed by atoms with Gasteiger partial charge in [0, 0.05) is 29.9 Å². The second-order valence-electron chi connectivity index (χ2n) is 6.79. The summed E-state index contributed by atoms with van der Waals surface area (Å²) in [6, 6.07) is 0.671. The summed E-state index contributed by atoms with van der Waals surface area (Å²) >= 11 is 1.93. The molecule has 1 aromatic heterocycles. The van der Waals surface area contributed by atoms with Crippen LogP contribution in [0.1, 0.15) is 62.9 Å². The lowest BCUT2D eigenvalue weighted by atomic mass is 10.2. The molecule has 0 aromatic carbocycles. The van der Waals surface area contributed by atoms with E-state index in [2.05, 4.69) is 31.0 Å². The smallest absolute Gasteiger partial charge is 0.186 e. The highest BCUT2D eigenvalue weighted by Crippen LogP contribution is 2.44. The molecule has 1 saturated carbocycles. The van der Waals surface area contributed by atoms with E-state index in [0.717, 1.165) is 19.0 Å². The summed E-state index contributed by atoms with van der Waals surface area (Å²) in [6.07, 6.45) is 5.32. The molecular formula is C16H27N3S. The Morgan fingerprint density at radius 3 is 2.75 bits per heavy atom. The summed E-state index contributed by atoms with van der Waals surface area (Å²) in [7, 11) is 0. The lowest BCUT2D eigenvalue weighted by molar-refractivity contribution is 0.553. The Kier molecular flexibility index (Phi) is 4.32. The van der Waals surface area contributed by atoms with Gasteiger partial charge in [0.1, 0.15) is 0 Å². The molecule has 3 rings (SSSR count). The van der Waals surface area contributed by atoms with E-state index in [9.17, 15) is 0 Å². The average Bonchev–Trinajstić information content (AvgIpc) is 3.02. The number of thiazole rings is 1. The van der Waals surface area contributed by atoms with Crippen LogP contribution in [0.15, 0.2) is 0 Å². The van der Waals surface area contributed by atoms with Crippen molar-refractivity contribution in [3.05, 3.63) is 10.6 Å². The summed E-state index contributed by atoms with van der Waals surface area (Å²) in [5.41, 5.74) is 1.40. The highest BCUT2D eigenvalue weighted by atomic mass is 32.1. The van der Waals surface area contributed by atoms with Gasteiger partial charge in [0.05, 0.1) is 5.69 Å². The molecule has 0 amide bonds. The first-order valence-electron chi connectivity index (χ1n) is 8.12. The van der Waals surface area contributed by atoms with E-state index >= 15 is 0 Å². The zero-order chi connectivity index (χ0) is 14.1. The second kappa shape index (κ2) is 6.02. The van der Waals surface area contributed by atoms with E-state index in [1.807, 2.05) is 11.3 Å². The van der Waals surface area contributed by atoms with E-state index in [0.29, 0.717) is 12.0 Å². The van der Waals surface area contributed by atoms with E-state index in [4.69, 9.17) is 4.98 Å². The van der Waals surface area contributed by atoms with Gasteiger partial charge in [0.15, 0.2) is 5.13 Å². The van der Waals surface area contributed by atoms with Crippen molar-refractivity contribution in [3.8, 4) is 0 Å². The Balaban J connectivity index is 1.72. The normalized spacial score (nSPS) is 23.0. The van der Waals surface area contributed by atoms with E-state index in [1.54, 1.807) is 0 Å². The monoisotopic (exact) mass is 293 g/mol. The molecule has 0 radical (unpaired) electrons. The molecule has 2 aliphatic rings. The molecule has 1 saturated heterocycles. The molecular weight excluding hydrogens is 266 g/mol. The number of hydrogen-bond donors (Lipinski definition) is 1. The Hall–Kier alpha value is -0.610. The number of hydrogen-bond acceptors (Lipinski definition) is 4. The molecule has 0 bridgehead atoms. The third-order valence-electron chi connectivity index (χ3n) is 4.32. The molecule has 2 fully saturated rings. The molecule has 1 aliphatic carbocycles. The van der Waals surface area contributed by atoms with Crippen LogP contribution in [0.25, 0.3) is 0 Å². The maximum atomic E-state index is 5.01. The van der Waals surface area contributed by atoms with Gasteiger partial charge in [-0.25, -0.2) is 4.98 Å². The zero-order valence-electron chi connectivity index (χ0n) is 13.0. The average molecular weight is 293 g/mol. The summed E-state index contributed by atoms with van der Waals surface area (Å²) in [5, 5.41) is 4.87. The van der Waals surface area contributed by atoms with Crippen LogP contribution in [0, 0.1) is 5.92 Å². The Morgan fingerprint density at radius 2 is 2.15 bits per heavy atom. The minimum atomic E-state index is 0.671. The first-order chi connectivity index (χ1) is 9.65. The molecule has 1 aliphatic heterocycles. The van der Waals surface area contributed by atoms with Crippen molar-refractivity contribution in [2.75, 3.05) is 18.0 Å². The predicted octanol–water partition coefficient (Wildman–Crippen LogP) is 3.75. The highest BCUT2D eigenvalue weighted by molar-refractivity contribution is 7.15. The largest absolute Gasteiger partial charge is 0.345 e. The van der Waals surface area contributed by atoms with Crippen molar-refractivity contribution < 1.29 is 0 Å². The third kappa shape index (κ3) is 3.17. The minimum absolute atomic E-state index is 0.671. The molecule has 20 heavy (non-hydrogen) atoms. The fourth-order valence-electron chi connectivity index (χ4n) is 2.97. The molecule has 1 aromatic rings. The quantitative estimate of drug-likeness (QED) is 0.865. The Morgan fingerprint density at radius 1 is 1.35 bits per heavy atom. The minimum Gasteiger partial charge on any atom is -0.345 e. The molecule has 1 atom stereocenters. The van der Waals surface area contributed by atoms with Crippen LogP contribution in [0.4, 0.5) is 5.13 Å². The fourth-order valence-corrected chi connectivity index (χ4v) is 4.21. The van der Waals surface area contributed by atoms with Crippen molar-refractivity contribution in [3.63, 3.8) is 0 Å². The van der Waals surface area contributed by atoms with Gasteiger partial charge in [-0.05, 0) is 45.1 Å². The maximum absolute atomic E-state index is 5.01. The maximum Gasteiger partial charge on any atom is 0.186 e. The van der Waals surface area contributed by atoms with Crippen molar-refractivity contribution in [2.24, 2.45) is 5.92 Å². The van der Waals surface area contributed by atoms with Crippen molar-refractivity contribution in [1.82, 2.24) is 10.3 Å². The van der Waals surface area contributed by atoms with Crippen LogP contribution in [0.2, 0.25) is 0 Å².